The molecule has 0 unspecified atom stereocenters. The minimum Gasteiger partial charge on any atom is -0.313 e. The molecule has 1 N–H and O–H groups in total. The molecule has 0 aromatic heterocycles. The second kappa shape index (κ2) is 5.80. The quantitative estimate of drug-likeness (QED) is 0.842. The Labute approximate surface area is 107 Å². The van der Waals surface area contributed by atoms with Crippen LogP contribution < -0.4 is 5.32 Å². The van der Waals surface area contributed by atoms with Crippen molar-refractivity contribution in [1.82, 2.24) is 10.2 Å². The summed E-state index contributed by atoms with van der Waals surface area (Å²) in [7, 11) is 1.99. The third-order valence-electron chi connectivity index (χ3n) is 2.95. The molecular weight excluding hydrogens is 239 g/mol. The minimum absolute atomic E-state index is 0.184. The Morgan fingerprint density at radius 3 is 2.94 bits per heavy atom. The van der Waals surface area contributed by atoms with E-state index in [0.717, 1.165) is 19.1 Å². The van der Waals surface area contributed by atoms with Gasteiger partial charge in [-0.3, -0.25) is 0 Å². The van der Waals surface area contributed by atoms with Crippen molar-refractivity contribution in [3.05, 3.63) is 34.6 Å². The molecule has 1 aromatic carbocycles. The predicted octanol–water partition coefficient (Wildman–Crippen LogP) is 2.66. The molecule has 0 bridgehead atoms. The van der Waals surface area contributed by atoms with Gasteiger partial charge in [0, 0.05) is 36.3 Å². The average molecular weight is 257 g/mol. The van der Waals surface area contributed by atoms with E-state index in [9.17, 15) is 4.39 Å². The first-order chi connectivity index (χ1) is 8.15. The standard InChI is InChI=1S/C13H18ClFN2/c1-17(7-6-16-12-3-4-12)9-10-8-11(14)2-5-13(10)15/h2,5,8,12,16H,3-4,6-7,9H2,1H3. The van der Waals surface area contributed by atoms with Crippen molar-refractivity contribution in [3.63, 3.8) is 0 Å². The molecule has 1 aliphatic rings. The normalized spacial score (nSPS) is 15.5. The van der Waals surface area contributed by atoms with Crippen LogP contribution in [0.5, 0.6) is 0 Å². The van der Waals surface area contributed by atoms with Crippen LogP contribution in [0.25, 0.3) is 0 Å². The summed E-state index contributed by atoms with van der Waals surface area (Å²) >= 11 is 5.86. The summed E-state index contributed by atoms with van der Waals surface area (Å²) in [4.78, 5) is 2.10. The van der Waals surface area contributed by atoms with Gasteiger partial charge in [-0.2, -0.15) is 0 Å². The van der Waals surface area contributed by atoms with Gasteiger partial charge in [0.25, 0.3) is 0 Å². The zero-order chi connectivity index (χ0) is 12.3. The van der Waals surface area contributed by atoms with E-state index in [2.05, 4.69) is 10.2 Å². The lowest BCUT2D eigenvalue weighted by Gasteiger charge is -2.17. The number of halogens is 2. The summed E-state index contributed by atoms with van der Waals surface area (Å²) in [5.41, 5.74) is 0.659. The Hall–Kier alpha value is -0.640. The molecule has 1 aromatic rings. The van der Waals surface area contributed by atoms with Crippen LogP contribution in [0.2, 0.25) is 5.02 Å². The van der Waals surface area contributed by atoms with Crippen molar-refractivity contribution < 1.29 is 4.39 Å². The number of nitrogens with zero attached hydrogens (tertiary/aromatic N) is 1. The van der Waals surface area contributed by atoms with E-state index in [1.165, 1.54) is 18.9 Å². The predicted molar refractivity (Wildman–Crippen MR) is 68.8 cm³/mol. The Balaban J connectivity index is 1.79. The molecular formula is C13H18ClFN2. The fourth-order valence-electron chi connectivity index (χ4n) is 1.78. The number of hydrogen-bond acceptors (Lipinski definition) is 2. The van der Waals surface area contributed by atoms with Crippen LogP contribution in [-0.2, 0) is 6.54 Å². The Morgan fingerprint density at radius 2 is 2.24 bits per heavy atom. The smallest absolute Gasteiger partial charge is 0.127 e. The monoisotopic (exact) mass is 256 g/mol. The van der Waals surface area contributed by atoms with Crippen molar-refractivity contribution in [2.75, 3.05) is 20.1 Å². The Morgan fingerprint density at radius 1 is 1.47 bits per heavy atom. The summed E-state index contributed by atoms with van der Waals surface area (Å²) in [5.74, 6) is -0.184. The van der Waals surface area contributed by atoms with Gasteiger partial charge in [-0.1, -0.05) is 11.6 Å². The van der Waals surface area contributed by atoms with Gasteiger partial charge in [0.15, 0.2) is 0 Å². The van der Waals surface area contributed by atoms with Crippen LogP contribution in [0.4, 0.5) is 4.39 Å². The molecule has 1 saturated carbocycles. The molecule has 0 saturated heterocycles. The van der Waals surface area contributed by atoms with Gasteiger partial charge in [-0.25, -0.2) is 4.39 Å². The lowest BCUT2D eigenvalue weighted by Crippen LogP contribution is -2.30. The van der Waals surface area contributed by atoms with Gasteiger partial charge >= 0.3 is 0 Å². The summed E-state index contributed by atoms with van der Waals surface area (Å²) in [6.07, 6.45) is 2.60. The lowest BCUT2D eigenvalue weighted by molar-refractivity contribution is 0.318. The summed E-state index contributed by atoms with van der Waals surface area (Å²) in [5, 5.41) is 4.03. The summed E-state index contributed by atoms with van der Waals surface area (Å²) in [6, 6.07) is 5.43. The molecule has 0 heterocycles. The van der Waals surface area contributed by atoms with Crippen LogP contribution in [-0.4, -0.2) is 31.1 Å². The average Bonchev–Trinajstić information content (AvgIpc) is 3.07. The molecule has 0 atom stereocenters. The topological polar surface area (TPSA) is 15.3 Å². The molecule has 17 heavy (non-hydrogen) atoms. The molecule has 2 nitrogen and oxygen atoms in total. The maximum absolute atomic E-state index is 13.5. The molecule has 2 rings (SSSR count). The largest absolute Gasteiger partial charge is 0.313 e. The number of nitrogens with one attached hydrogen (secondary N) is 1. The SMILES string of the molecule is CN(CCNC1CC1)Cc1cc(Cl)ccc1F. The number of rotatable bonds is 6. The third kappa shape index (κ3) is 4.26. The molecule has 0 spiro atoms. The second-order valence-corrected chi connectivity index (χ2v) is 5.14. The molecule has 0 radical (unpaired) electrons. The van der Waals surface area contributed by atoms with E-state index >= 15 is 0 Å². The van der Waals surface area contributed by atoms with Gasteiger partial charge in [0.2, 0.25) is 0 Å². The fraction of sp³-hybridized carbons (Fsp3) is 0.538. The van der Waals surface area contributed by atoms with Crippen molar-refractivity contribution in [3.8, 4) is 0 Å². The highest BCUT2D eigenvalue weighted by atomic mass is 35.5. The van der Waals surface area contributed by atoms with Crippen molar-refractivity contribution in [2.45, 2.75) is 25.4 Å². The number of hydrogen-bond donors (Lipinski definition) is 1. The van der Waals surface area contributed by atoms with Crippen LogP contribution in [0.1, 0.15) is 18.4 Å². The first kappa shape index (κ1) is 12.8. The van der Waals surface area contributed by atoms with E-state index in [4.69, 9.17) is 11.6 Å². The molecule has 1 aliphatic carbocycles. The molecule has 1 fully saturated rings. The van der Waals surface area contributed by atoms with E-state index in [-0.39, 0.29) is 5.82 Å². The van der Waals surface area contributed by atoms with Crippen LogP contribution in [0.15, 0.2) is 18.2 Å². The molecule has 4 heteroatoms. The van der Waals surface area contributed by atoms with Gasteiger partial charge in [-0.15, -0.1) is 0 Å². The van der Waals surface area contributed by atoms with Gasteiger partial charge in [-0.05, 0) is 38.1 Å². The van der Waals surface area contributed by atoms with E-state index < -0.39 is 0 Å². The lowest BCUT2D eigenvalue weighted by atomic mass is 10.2. The van der Waals surface area contributed by atoms with E-state index in [1.54, 1.807) is 12.1 Å². The fourth-order valence-corrected chi connectivity index (χ4v) is 1.98. The molecule has 0 amide bonds. The second-order valence-electron chi connectivity index (χ2n) is 4.70. The first-order valence-corrected chi connectivity index (χ1v) is 6.39. The van der Waals surface area contributed by atoms with Crippen LogP contribution >= 0.6 is 11.6 Å². The zero-order valence-corrected chi connectivity index (χ0v) is 10.8. The highest BCUT2D eigenvalue weighted by Crippen LogP contribution is 2.18. The Kier molecular flexibility index (Phi) is 4.37. The summed E-state index contributed by atoms with van der Waals surface area (Å²) < 4.78 is 13.5. The third-order valence-corrected chi connectivity index (χ3v) is 3.19. The van der Waals surface area contributed by atoms with Crippen LogP contribution in [0, 0.1) is 5.82 Å². The van der Waals surface area contributed by atoms with Gasteiger partial charge in [0.1, 0.15) is 5.82 Å². The maximum atomic E-state index is 13.5. The molecule has 94 valence electrons. The molecule has 0 aliphatic heterocycles. The van der Waals surface area contributed by atoms with Crippen LogP contribution in [0.3, 0.4) is 0 Å². The van der Waals surface area contributed by atoms with E-state index in [1.807, 2.05) is 7.05 Å². The maximum Gasteiger partial charge on any atom is 0.127 e. The van der Waals surface area contributed by atoms with Gasteiger partial charge in [0.05, 0.1) is 0 Å². The number of benzene rings is 1. The Bertz CT molecular complexity index is 380. The minimum atomic E-state index is -0.184. The van der Waals surface area contributed by atoms with Gasteiger partial charge < -0.3 is 10.2 Å². The van der Waals surface area contributed by atoms with Crippen molar-refractivity contribution in [1.29, 1.82) is 0 Å². The van der Waals surface area contributed by atoms with Crippen molar-refractivity contribution in [2.24, 2.45) is 0 Å². The zero-order valence-electron chi connectivity index (χ0n) is 10.0. The highest BCUT2D eigenvalue weighted by molar-refractivity contribution is 6.30. The van der Waals surface area contributed by atoms with E-state index in [0.29, 0.717) is 17.1 Å². The number of likely N-dealkylation sites (N-methyl/N-ethyl adjacent to an activating group) is 1. The first-order valence-electron chi connectivity index (χ1n) is 6.01. The summed E-state index contributed by atoms with van der Waals surface area (Å²) in [6.45, 7) is 2.48. The van der Waals surface area contributed by atoms with Crippen molar-refractivity contribution >= 4 is 11.6 Å². The highest BCUT2D eigenvalue weighted by Gasteiger charge is 2.19.